The van der Waals surface area contributed by atoms with Crippen molar-refractivity contribution in [1.82, 2.24) is 0 Å². The van der Waals surface area contributed by atoms with E-state index in [0.717, 1.165) is 0 Å². The SMILES string of the molecule is COC(=O)[C@@]1(O)COc2ccccc2O1. The first-order chi connectivity index (χ1) is 7.15. The Balaban J connectivity index is 2.28. The average Bonchev–Trinajstić information content (AvgIpc) is 2.27. The molecular formula is C10H10O5. The van der Waals surface area contributed by atoms with Crippen molar-refractivity contribution < 1.29 is 24.1 Å². The first kappa shape index (κ1) is 9.79. The van der Waals surface area contributed by atoms with Crippen molar-refractivity contribution in [3.63, 3.8) is 0 Å². The molecule has 1 atom stereocenters. The van der Waals surface area contributed by atoms with Crippen molar-refractivity contribution in [2.75, 3.05) is 13.7 Å². The van der Waals surface area contributed by atoms with Crippen molar-refractivity contribution in [1.29, 1.82) is 0 Å². The highest BCUT2D eigenvalue weighted by Crippen LogP contribution is 2.34. The molecule has 0 saturated heterocycles. The number of esters is 1. The number of carbonyl (C=O) groups excluding carboxylic acids is 1. The number of hydrogen-bond acceptors (Lipinski definition) is 5. The number of hydrogen-bond donors (Lipinski definition) is 1. The summed E-state index contributed by atoms with van der Waals surface area (Å²) in [5.41, 5.74) is 0. The van der Waals surface area contributed by atoms with Crippen LogP contribution in [0, 0.1) is 0 Å². The van der Waals surface area contributed by atoms with E-state index in [9.17, 15) is 9.90 Å². The van der Waals surface area contributed by atoms with E-state index in [4.69, 9.17) is 9.47 Å². The molecule has 1 N–H and O–H groups in total. The van der Waals surface area contributed by atoms with E-state index in [1.807, 2.05) is 0 Å². The Hall–Kier alpha value is -1.75. The molecule has 1 aliphatic rings. The highest BCUT2D eigenvalue weighted by molar-refractivity contribution is 5.78. The molecule has 0 radical (unpaired) electrons. The molecule has 5 heteroatoms. The maximum Gasteiger partial charge on any atom is 0.383 e. The standard InChI is InChI=1S/C10H10O5/c1-13-9(11)10(12)6-14-7-4-2-3-5-8(7)15-10/h2-5,12H,6H2,1H3/t10-/m1/s1. The van der Waals surface area contributed by atoms with Crippen molar-refractivity contribution in [2.45, 2.75) is 5.79 Å². The summed E-state index contributed by atoms with van der Waals surface area (Å²) in [6.45, 7) is -0.281. The van der Waals surface area contributed by atoms with E-state index in [0.29, 0.717) is 11.5 Å². The van der Waals surface area contributed by atoms with Gasteiger partial charge in [-0.1, -0.05) is 12.1 Å². The van der Waals surface area contributed by atoms with Gasteiger partial charge in [-0.25, -0.2) is 4.79 Å². The summed E-state index contributed by atoms with van der Waals surface area (Å²) < 4.78 is 14.7. The van der Waals surface area contributed by atoms with Crippen LogP contribution in [0.1, 0.15) is 0 Å². The van der Waals surface area contributed by atoms with Crippen LogP contribution in [-0.2, 0) is 9.53 Å². The third-order valence-electron chi connectivity index (χ3n) is 2.06. The summed E-state index contributed by atoms with van der Waals surface area (Å²) in [5.74, 6) is -2.12. The summed E-state index contributed by atoms with van der Waals surface area (Å²) in [4.78, 5) is 11.2. The summed E-state index contributed by atoms with van der Waals surface area (Å²) in [5, 5.41) is 9.76. The summed E-state index contributed by atoms with van der Waals surface area (Å²) in [7, 11) is 1.17. The molecule has 1 aromatic rings. The Morgan fingerprint density at radius 1 is 1.47 bits per heavy atom. The molecule has 80 valence electrons. The Morgan fingerprint density at radius 2 is 2.13 bits per heavy atom. The lowest BCUT2D eigenvalue weighted by molar-refractivity contribution is -0.211. The number of para-hydroxylation sites is 2. The molecule has 1 aliphatic heterocycles. The molecule has 0 aromatic heterocycles. The van der Waals surface area contributed by atoms with Crippen LogP contribution in [0.5, 0.6) is 11.5 Å². The third kappa shape index (κ3) is 1.61. The van der Waals surface area contributed by atoms with E-state index < -0.39 is 11.8 Å². The minimum absolute atomic E-state index is 0.281. The Morgan fingerprint density at radius 3 is 2.80 bits per heavy atom. The van der Waals surface area contributed by atoms with Crippen LogP contribution < -0.4 is 9.47 Å². The Labute approximate surface area is 86.2 Å². The fraction of sp³-hybridized carbons (Fsp3) is 0.300. The van der Waals surface area contributed by atoms with Crippen LogP contribution in [0.25, 0.3) is 0 Å². The Bertz CT molecular complexity index is 389. The van der Waals surface area contributed by atoms with Gasteiger partial charge >= 0.3 is 11.8 Å². The number of rotatable bonds is 1. The van der Waals surface area contributed by atoms with Gasteiger partial charge in [-0.05, 0) is 12.1 Å². The normalized spacial score (nSPS) is 23.3. The van der Waals surface area contributed by atoms with Crippen LogP contribution in [-0.4, -0.2) is 30.6 Å². The second kappa shape index (κ2) is 3.43. The number of methoxy groups -OCH3 is 1. The van der Waals surface area contributed by atoms with Gasteiger partial charge in [0.25, 0.3) is 0 Å². The largest absolute Gasteiger partial charge is 0.482 e. The van der Waals surface area contributed by atoms with Gasteiger partial charge in [0.1, 0.15) is 0 Å². The zero-order chi connectivity index (χ0) is 10.9. The van der Waals surface area contributed by atoms with Crippen LogP contribution >= 0.6 is 0 Å². The van der Waals surface area contributed by atoms with Gasteiger partial charge in [0.2, 0.25) is 0 Å². The molecule has 0 spiro atoms. The topological polar surface area (TPSA) is 65.0 Å². The molecule has 0 amide bonds. The van der Waals surface area contributed by atoms with E-state index >= 15 is 0 Å². The van der Waals surface area contributed by atoms with Gasteiger partial charge < -0.3 is 19.3 Å². The van der Waals surface area contributed by atoms with Gasteiger partial charge in [-0.2, -0.15) is 0 Å². The highest BCUT2D eigenvalue weighted by atomic mass is 16.7. The highest BCUT2D eigenvalue weighted by Gasteiger charge is 2.44. The lowest BCUT2D eigenvalue weighted by atomic mass is 10.2. The van der Waals surface area contributed by atoms with Crippen LogP contribution in [0.3, 0.4) is 0 Å². The number of carbonyl (C=O) groups is 1. The second-order valence-electron chi connectivity index (χ2n) is 3.11. The third-order valence-corrected chi connectivity index (χ3v) is 2.06. The number of aliphatic hydroxyl groups is 1. The van der Waals surface area contributed by atoms with E-state index in [-0.39, 0.29) is 6.61 Å². The zero-order valence-electron chi connectivity index (χ0n) is 8.10. The van der Waals surface area contributed by atoms with Crippen molar-refractivity contribution >= 4 is 5.97 Å². The number of ether oxygens (including phenoxy) is 3. The van der Waals surface area contributed by atoms with Crippen LogP contribution in [0.4, 0.5) is 0 Å². The van der Waals surface area contributed by atoms with Gasteiger partial charge in [-0.3, -0.25) is 0 Å². The molecule has 1 heterocycles. The molecule has 1 aromatic carbocycles. The summed E-state index contributed by atoms with van der Waals surface area (Å²) in [6.07, 6.45) is 0. The molecule has 2 rings (SSSR count). The zero-order valence-corrected chi connectivity index (χ0v) is 8.10. The minimum atomic E-state index is -2.05. The molecule has 0 saturated carbocycles. The smallest absolute Gasteiger partial charge is 0.383 e. The first-order valence-corrected chi connectivity index (χ1v) is 4.37. The predicted molar refractivity (Wildman–Crippen MR) is 49.5 cm³/mol. The molecular weight excluding hydrogens is 200 g/mol. The lowest BCUT2D eigenvalue weighted by Crippen LogP contribution is -2.52. The van der Waals surface area contributed by atoms with Crippen molar-refractivity contribution in [2.24, 2.45) is 0 Å². The van der Waals surface area contributed by atoms with Crippen LogP contribution in [0.15, 0.2) is 24.3 Å². The summed E-state index contributed by atoms with van der Waals surface area (Å²) >= 11 is 0. The van der Waals surface area contributed by atoms with Crippen LogP contribution in [0.2, 0.25) is 0 Å². The monoisotopic (exact) mass is 210 g/mol. The second-order valence-corrected chi connectivity index (χ2v) is 3.11. The van der Waals surface area contributed by atoms with Gasteiger partial charge in [-0.15, -0.1) is 0 Å². The fourth-order valence-corrected chi connectivity index (χ4v) is 1.30. The van der Waals surface area contributed by atoms with Gasteiger partial charge in [0, 0.05) is 0 Å². The molecule has 0 unspecified atom stereocenters. The Kier molecular flexibility index (Phi) is 2.24. The van der Waals surface area contributed by atoms with Crippen molar-refractivity contribution in [3.8, 4) is 11.5 Å². The lowest BCUT2D eigenvalue weighted by Gasteiger charge is -2.31. The van der Waals surface area contributed by atoms with E-state index in [1.54, 1.807) is 24.3 Å². The minimum Gasteiger partial charge on any atom is -0.482 e. The average molecular weight is 210 g/mol. The molecule has 15 heavy (non-hydrogen) atoms. The van der Waals surface area contributed by atoms with E-state index in [2.05, 4.69) is 4.74 Å². The quantitative estimate of drug-likeness (QED) is 0.676. The van der Waals surface area contributed by atoms with Crippen molar-refractivity contribution in [3.05, 3.63) is 24.3 Å². The van der Waals surface area contributed by atoms with Gasteiger partial charge in [0.05, 0.1) is 7.11 Å². The maximum absolute atomic E-state index is 11.2. The van der Waals surface area contributed by atoms with Gasteiger partial charge in [0.15, 0.2) is 18.1 Å². The molecule has 5 nitrogen and oxygen atoms in total. The van der Waals surface area contributed by atoms with E-state index in [1.165, 1.54) is 7.11 Å². The first-order valence-electron chi connectivity index (χ1n) is 4.37. The summed E-state index contributed by atoms with van der Waals surface area (Å²) in [6, 6.07) is 6.77. The number of fused-ring (bicyclic) bond motifs is 1. The molecule has 0 fully saturated rings. The molecule has 0 aliphatic carbocycles. The predicted octanol–water partition coefficient (Wildman–Crippen LogP) is 0.319. The molecule has 0 bridgehead atoms. The maximum atomic E-state index is 11.2. The fourth-order valence-electron chi connectivity index (χ4n) is 1.30. The number of benzene rings is 1.